The molecule has 160 valence electrons. The van der Waals surface area contributed by atoms with Gasteiger partial charge in [0.2, 0.25) is 0 Å². The van der Waals surface area contributed by atoms with Crippen molar-refractivity contribution in [2.24, 2.45) is 0 Å². The lowest BCUT2D eigenvalue weighted by Gasteiger charge is -2.40. The maximum absolute atomic E-state index is 14.5. The molecule has 2 aliphatic heterocycles. The van der Waals surface area contributed by atoms with Crippen molar-refractivity contribution in [3.05, 3.63) is 42.2 Å². The number of aromatic nitrogens is 4. The van der Waals surface area contributed by atoms with Crippen molar-refractivity contribution in [1.82, 2.24) is 24.3 Å². The predicted octanol–water partition coefficient (Wildman–Crippen LogP) is 4.51. The van der Waals surface area contributed by atoms with E-state index in [1.54, 1.807) is 21.9 Å². The molecule has 2 aliphatic rings. The number of imidazole rings is 1. The second kappa shape index (κ2) is 6.97. The molecule has 6 heterocycles. The normalized spacial score (nSPS) is 23.8. The average molecular weight is 437 g/mol. The zero-order valence-corrected chi connectivity index (χ0v) is 18.7. The first-order chi connectivity index (χ1) is 15.0. The van der Waals surface area contributed by atoms with E-state index in [9.17, 15) is 4.39 Å². The van der Waals surface area contributed by atoms with Crippen LogP contribution < -0.4 is 4.90 Å². The minimum Gasteiger partial charge on any atom is -0.348 e. The van der Waals surface area contributed by atoms with Crippen molar-refractivity contribution in [2.45, 2.75) is 50.7 Å². The summed E-state index contributed by atoms with van der Waals surface area (Å²) in [7, 11) is 4.45. The molecule has 4 aromatic heterocycles. The molecule has 0 saturated carbocycles. The van der Waals surface area contributed by atoms with Crippen molar-refractivity contribution >= 4 is 32.3 Å². The van der Waals surface area contributed by atoms with Crippen LogP contribution in [-0.4, -0.2) is 56.5 Å². The molecule has 0 radical (unpaired) electrons. The van der Waals surface area contributed by atoms with Crippen LogP contribution in [0.25, 0.3) is 27.1 Å². The molecule has 2 fully saturated rings. The number of thiazole rings is 1. The predicted molar refractivity (Wildman–Crippen MR) is 122 cm³/mol. The minimum absolute atomic E-state index is 0.339. The van der Waals surface area contributed by atoms with E-state index >= 15 is 0 Å². The Morgan fingerprint density at radius 1 is 1.13 bits per heavy atom. The zero-order chi connectivity index (χ0) is 21.3. The van der Waals surface area contributed by atoms with Gasteiger partial charge in [-0.1, -0.05) is 11.3 Å². The van der Waals surface area contributed by atoms with E-state index in [-0.39, 0.29) is 5.82 Å². The lowest BCUT2D eigenvalue weighted by atomic mass is 9.97. The molecule has 0 aliphatic carbocycles. The van der Waals surface area contributed by atoms with Gasteiger partial charge in [-0.3, -0.25) is 4.98 Å². The highest BCUT2D eigenvalue weighted by molar-refractivity contribution is 7.22. The number of rotatable bonds is 3. The molecule has 2 saturated heterocycles. The van der Waals surface area contributed by atoms with Crippen molar-refractivity contribution in [3.63, 3.8) is 0 Å². The molecule has 6 nitrogen and oxygen atoms in total. The smallest absolute Gasteiger partial charge is 0.186 e. The van der Waals surface area contributed by atoms with E-state index in [4.69, 9.17) is 4.98 Å². The summed E-state index contributed by atoms with van der Waals surface area (Å²) < 4.78 is 17.3. The molecule has 0 spiro atoms. The van der Waals surface area contributed by atoms with Crippen LogP contribution in [0.5, 0.6) is 0 Å². The van der Waals surface area contributed by atoms with Crippen molar-refractivity contribution in [3.8, 4) is 11.3 Å². The molecule has 0 unspecified atom stereocenters. The average Bonchev–Trinajstić information content (AvgIpc) is 3.39. The van der Waals surface area contributed by atoms with Crippen molar-refractivity contribution in [2.75, 3.05) is 19.0 Å². The second-order valence-electron chi connectivity index (χ2n) is 9.01. The molecule has 3 atom stereocenters. The summed E-state index contributed by atoms with van der Waals surface area (Å²) in [5.74, 6) is -0.339. The fraction of sp³-hybridized carbons (Fsp3) is 0.435. The van der Waals surface area contributed by atoms with Gasteiger partial charge in [-0.15, -0.1) is 0 Å². The Labute approximate surface area is 184 Å². The minimum atomic E-state index is -0.339. The summed E-state index contributed by atoms with van der Waals surface area (Å²) in [6.45, 7) is 1.86. The third-order valence-corrected chi connectivity index (χ3v) is 8.22. The maximum Gasteiger partial charge on any atom is 0.186 e. The lowest BCUT2D eigenvalue weighted by molar-refractivity contribution is 0.161. The molecule has 8 heteroatoms. The summed E-state index contributed by atoms with van der Waals surface area (Å²) in [4.78, 5) is 18.6. The van der Waals surface area contributed by atoms with Crippen LogP contribution in [-0.2, 0) is 0 Å². The Kier molecular flexibility index (Phi) is 4.30. The molecule has 6 rings (SSSR count). The Hall–Kier alpha value is -2.58. The zero-order valence-electron chi connectivity index (χ0n) is 17.9. The summed E-state index contributed by atoms with van der Waals surface area (Å²) in [5.41, 5.74) is 3.51. The fourth-order valence-electron chi connectivity index (χ4n) is 5.30. The van der Waals surface area contributed by atoms with Gasteiger partial charge in [0.1, 0.15) is 5.52 Å². The van der Waals surface area contributed by atoms with E-state index in [1.807, 2.05) is 25.4 Å². The van der Waals surface area contributed by atoms with Crippen LogP contribution in [0.2, 0.25) is 0 Å². The van der Waals surface area contributed by atoms with Gasteiger partial charge in [0.15, 0.2) is 16.6 Å². The molecular weight excluding hydrogens is 411 g/mol. The Morgan fingerprint density at radius 2 is 1.90 bits per heavy atom. The first kappa shape index (κ1) is 19.1. The largest absolute Gasteiger partial charge is 0.348 e. The van der Waals surface area contributed by atoms with Gasteiger partial charge in [0.25, 0.3) is 0 Å². The summed E-state index contributed by atoms with van der Waals surface area (Å²) in [6, 6.07) is 5.46. The summed E-state index contributed by atoms with van der Waals surface area (Å²) >= 11 is 1.69. The van der Waals surface area contributed by atoms with Crippen LogP contribution in [0.3, 0.4) is 0 Å². The van der Waals surface area contributed by atoms with Crippen LogP contribution >= 0.6 is 11.3 Å². The molecule has 31 heavy (non-hydrogen) atoms. The lowest BCUT2D eigenvalue weighted by Crippen LogP contribution is -2.47. The highest BCUT2D eigenvalue weighted by Gasteiger charge is 2.40. The number of anilines is 1. The molecule has 4 aromatic rings. The third kappa shape index (κ3) is 3.11. The number of piperidine rings is 1. The van der Waals surface area contributed by atoms with Gasteiger partial charge in [-0.05, 0) is 51.8 Å². The van der Waals surface area contributed by atoms with Crippen molar-refractivity contribution in [1.29, 1.82) is 0 Å². The Balaban J connectivity index is 1.32. The number of hydrogen-bond donors (Lipinski definition) is 0. The van der Waals surface area contributed by atoms with Crippen LogP contribution in [0.15, 0.2) is 30.7 Å². The van der Waals surface area contributed by atoms with Gasteiger partial charge >= 0.3 is 0 Å². The highest BCUT2D eigenvalue weighted by Crippen LogP contribution is 2.39. The summed E-state index contributed by atoms with van der Waals surface area (Å²) in [6.07, 6.45) is 10.5. The van der Waals surface area contributed by atoms with Crippen LogP contribution in [0.4, 0.5) is 9.52 Å². The van der Waals surface area contributed by atoms with Gasteiger partial charge in [-0.25, -0.2) is 14.4 Å². The SMILES string of the molecule is Cc1cn2cc(-c3cc4sc(N(C)[C@@H]5C[C@H]6CC[C@@H](C5)N6C)nc4cn3)cc(F)c2n1. The summed E-state index contributed by atoms with van der Waals surface area (Å²) in [5, 5.41) is 1.04. The monoisotopic (exact) mass is 436 g/mol. The molecule has 0 amide bonds. The number of hydrogen-bond acceptors (Lipinski definition) is 6. The molecule has 0 aromatic carbocycles. The number of nitrogens with zero attached hydrogens (tertiary/aromatic N) is 6. The first-order valence-corrected chi connectivity index (χ1v) is 11.6. The number of halogens is 1. The quantitative estimate of drug-likeness (QED) is 0.473. The van der Waals surface area contributed by atoms with Gasteiger partial charge < -0.3 is 14.2 Å². The van der Waals surface area contributed by atoms with Crippen molar-refractivity contribution < 1.29 is 4.39 Å². The van der Waals surface area contributed by atoms with E-state index in [0.29, 0.717) is 23.8 Å². The first-order valence-electron chi connectivity index (χ1n) is 10.8. The molecular formula is C23H25FN6S. The van der Waals surface area contributed by atoms with E-state index in [2.05, 4.69) is 33.9 Å². The Morgan fingerprint density at radius 3 is 2.68 bits per heavy atom. The van der Waals surface area contributed by atoms with E-state index in [1.165, 1.54) is 31.7 Å². The molecule has 2 bridgehead atoms. The second-order valence-corrected chi connectivity index (χ2v) is 10.0. The maximum atomic E-state index is 14.5. The Bertz CT molecular complexity index is 1280. The standard InChI is InChI=1S/C23H25FN6S/c1-13-11-30-12-14(6-18(24)22(30)26-13)19-9-21-20(10-25-19)27-23(31-21)29(3)17-7-15-4-5-16(8-17)28(15)2/h6,9-12,15-17H,4-5,7-8H2,1-3H3/t15-,16+,17-. The third-order valence-electron chi connectivity index (χ3n) is 7.11. The fourth-order valence-corrected chi connectivity index (χ4v) is 6.31. The van der Waals surface area contributed by atoms with Crippen LogP contribution in [0, 0.1) is 12.7 Å². The molecule has 0 N–H and O–H groups in total. The number of fused-ring (bicyclic) bond motifs is 4. The number of aryl methyl sites for hydroxylation is 1. The van der Waals surface area contributed by atoms with E-state index < -0.39 is 0 Å². The van der Waals surface area contributed by atoms with Crippen LogP contribution in [0.1, 0.15) is 31.4 Å². The van der Waals surface area contributed by atoms with Gasteiger partial charge in [0, 0.05) is 43.1 Å². The topological polar surface area (TPSA) is 49.6 Å². The van der Waals surface area contributed by atoms with E-state index in [0.717, 1.165) is 32.3 Å². The highest BCUT2D eigenvalue weighted by atomic mass is 32.1. The number of pyridine rings is 2. The van der Waals surface area contributed by atoms with Gasteiger partial charge in [0.05, 0.1) is 22.3 Å². The van der Waals surface area contributed by atoms with Gasteiger partial charge in [-0.2, -0.15) is 0 Å².